The molecule has 2 aliphatic rings. The highest BCUT2D eigenvalue weighted by atomic mass is 16.5. The fraction of sp³-hybridized carbons (Fsp3) is 0.706. The van der Waals surface area contributed by atoms with E-state index in [1.54, 1.807) is 0 Å². The molecule has 3 rings (SSSR count). The monoisotopic (exact) mass is 302 g/mol. The highest BCUT2D eigenvalue weighted by molar-refractivity contribution is 5.58. The maximum Gasteiger partial charge on any atom is 0.183 e. The highest BCUT2D eigenvalue weighted by Gasteiger charge is 2.38. The third-order valence-electron chi connectivity index (χ3n) is 4.23. The van der Waals surface area contributed by atoms with Crippen LogP contribution in [0.4, 0.5) is 5.82 Å². The number of rotatable bonds is 2. The van der Waals surface area contributed by atoms with Crippen molar-refractivity contribution in [3.05, 3.63) is 11.5 Å². The first-order valence-electron chi connectivity index (χ1n) is 8.47. The largest absolute Gasteiger partial charge is 0.486 e. The Morgan fingerprint density at radius 2 is 2.05 bits per heavy atom. The number of hydrogen-bond acceptors (Lipinski definition) is 5. The Bertz CT molecular complexity index is 552. The smallest absolute Gasteiger partial charge is 0.183 e. The summed E-state index contributed by atoms with van der Waals surface area (Å²) in [5.41, 5.74) is 0.990. The van der Waals surface area contributed by atoms with Gasteiger partial charge in [-0.05, 0) is 19.3 Å². The number of piperidine rings is 1. The van der Waals surface area contributed by atoms with E-state index in [2.05, 4.69) is 34.8 Å². The lowest BCUT2D eigenvalue weighted by atomic mass is 9.90. The fourth-order valence-electron chi connectivity index (χ4n) is 3.12. The minimum atomic E-state index is 0.0435. The number of fused-ring (bicyclic) bond motifs is 3. The molecule has 5 heteroatoms. The summed E-state index contributed by atoms with van der Waals surface area (Å²) >= 11 is 0. The van der Waals surface area contributed by atoms with Crippen molar-refractivity contribution in [1.82, 2.24) is 9.97 Å². The van der Waals surface area contributed by atoms with Crippen molar-refractivity contribution < 1.29 is 4.74 Å². The van der Waals surface area contributed by atoms with Crippen LogP contribution in [0, 0.1) is 17.2 Å². The van der Waals surface area contributed by atoms with Gasteiger partial charge in [-0.2, -0.15) is 5.26 Å². The zero-order valence-electron chi connectivity index (χ0n) is 14.1. The number of aryl methyl sites for hydroxylation is 2. The van der Waals surface area contributed by atoms with Crippen molar-refractivity contribution in [3.8, 4) is 11.8 Å². The number of aromatic nitrogens is 2. The maximum absolute atomic E-state index is 9.31. The molecule has 2 atom stereocenters. The summed E-state index contributed by atoms with van der Waals surface area (Å²) < 4.78 is 5.93. The Morgan fingerprint density at radius 3 is 2.68 bits per heavy atom. The Balaban J connectivity index is 0.000000847. The van der Waals surface area contributed by atoms with Gasteiger partial charge in [-0.3, -0.25) is 0 Å². The molecule has 0 N–H and O–H groups in total. The van der Waals surface area contributed by atoms with Crippen molar-refractivity contribution >= 4 is 5.82 Å². The molecule has 120 valence electrons. The van der Waals surface area contributed by atoms with Crippen LogP contribution in [0.25, 0.3) is 0 Å². The van der Waals surface area contributed by atoms with Crippen LogP contribution >= 0.6 is 0 Å². The van der Waals surface area contributed by atoms with Gasteiger partial charge in [-0.15, -0.1) is 0 Å². The Morgan fingerprint density at radius 1 is 1.27 bits per heavy atom. The zero-order valence-corrected chi connectivity index (χ0v) is 14.1. The Labute approximate surface area is 133 Å². The highest BCUT2D eigenvalue weighted by Crippen LogP contribution is 2.39. The van der Waals surface area contributed by atoms with Crippen molar-refractivity contribution in [2.45, 2.75) is 59.4 Å². The molecule has 0 spiro atoms. The summed E-state index contributed by atoms with van der Waals surface area (Å²) in [4.78, 5) is 11.5. The molecule has 22 heavy (non-hydrogen) atoms. The van der Waals surface area contributed by atoms with E-state index in [0.29, 0.717) is 6.61 Å². The summed E-state index contributed by atoms with van der Waals surface area (Å²) in [5, 5.41) is 9.31. The van der Waals surface area contributed by atoms with Gasteiger partial charge in [0.1, 0.15) is 12.4 Å². The molecule has 5 nitrogen and oxygen atoms in total. The summed E-state index contributed by atoms with van der Waals surface area (Å²) in [7, 11) is 0. The number of anilines is 1. The lowest BCUT2D eigenvalue weighted by Crippen LogP contribution is -2.51. The third-order valence-corrected chi connectivity index (χ3v) is 4.23. The lowest BCUT2D eigenvalue weighted by molar-refractivity contribution is 0.210. The average Bonchev–Trinajstić information content (AvgIpc) is 2.61. The van der Waals surface area contributed by atoms with Crippen molar-refractivity contribution in [1.29, 1.82) is 5.26 Å². The van der Waals surface area contributed by atoms with Crippen LogP contribution in [0.3, 0.4) is 0 Å². The van der Waals surface area contributed by atoms with Gasteiger partial charge in [-0.25, -0.2) is 9.97 Å². The molecule has 1 aromatic rings. The van der Waals surface area contributed by atoms with Gasteiger partial charge >= 0.3 is 0 Å². The van der Waals surface area contributed by atoms with Gasteiger partial charge in [0, 0.05) is 13.0 Å². The molecular formula is C17H26N4O. The van der Waals surface area contributed by atoms with Gasteiger partial charge in [0.15, 0.2) is 11.6 Å². The van der Waals surface area contributed by atoms with Gasteiger partial charge in [0.25, 0.3) is 0 Å². The van der Waals surface area contributed by atoms with Gasteiger partial charge in [-0.1, -0.05) is 27.7 Å². The van der Waals surface area contributed by atoms with Crippen LogP contribution in [-0.4, -0.2) is 29.2 Å². The van der Waals surface area contributed by atoms with E-state index in [1.165, 1.54) is 0 Å². The second kappa shape index (κ2) is 7.44. The maximum atomic E-state index is 9.31. The SMILES string of the molecule is CC.CCc1nc(CC)c2c(n1)N1CCCC(C#N)C1CO2. The number of nitrogens with zero attached hydrogens (tertiary/aromatic N) is 4. The summed E-state index contributed by atoms with van der Waals surface area (Å²) in [6, 6.07) is 2.57. The molecule has 0 radical (unpaired) electrons. The van der Waals surface area contributed by atoms with Crippen LogP contribution in [0.5, 0.6) is 5.75 Å². The van der Waals surface area contributed by atoms with Gasteiger partial charge in [0.2, 0.25) is 0 Å². The van der Waals surface area contributed by atoms with Crippen LogP contribution in [0.2, 0.25) is 0 Å². The van der Waals surface area contributed by atoms with Crippen molar-refractivity contribution in [3.63, 3.8) is 0 Å². The average molecular weight is 302 g/mol. The number of ether oxygens (including phenoxy) is 1. The molecule has 2 aliphatic heterocycles. The van der Waals surface area contributed by atoms with E-state index in [4.69, 9.17) is 4.74 Å². The first-order valence-corrected chi connectivity index (χ1v) is 8.47. The normalized spacial score (nSPS) is 22.4. The summed E-state index contributed by atoms with van der Waals surface area (Å²) in [6.45, 7) is 9.69. The standard InChI is InChI=1S/C15H20N4O.C2H6/c1-3-11-14-15(18-13(4-2)17-11)19-7-5-6-10(8-16)12(19)9-20-14;1-2/h10,12H,3-7,9H2,1-2H3;1-2H3. The molecule has 0 aromatic carbocycles. The van der Waals surface area contributed by atoms with E-state index < -0.39 is 0 Å². The third kappa shape index (κ3) is 2.87. The summed E-state index contributed by atoms with van der Waals surface area (Å²) in [6.07, 6.45) is 3.67. The molecule has 0 aliphatic carbocycles. The van der Waals surface area contributed by atoms with Crippen LogP contribution in [0.1, 0.15) is 52.1 Å². The first kappa shape index (κ1) is 16.5. The number of nitriles is 1. The zero-order chi connectivity index (χ0) is 16.1. The molecule has 3 heterocycles. The van der Waals surface area contributed by atoms with Crippen LogP contribution in [-0.2, 0) is 12.8 Å². The predicted octanol–water partition coefficient (Wildman–Crippen LogP) is 3.13. The molecule has 0 amide bonds. The van der Waals surface area contributed by atoms with Crippen LogP contribution in [0.15, 0.2) is 0 Å². The van der Waals surface area contributed by atoms with Crippen LogP contribution < -0.4 is 9.64 Å². The topological polar surface area (TPSA) is 62.0 Å². The van der Waals surface area contributed by atoms with E-state index in [-0.39, 0.29) is 12.0 Å². The van der Waals surface area contributed by atoms with E-state index in [0.717, 1.165) is 55.3 Å². The Hall–Kier alpha value is -1.83. The number of hydrogen-bond donors (Lipinski definition) is 0. The second-order valence-electron chi connectivity index (χ2n) is 5.40. The summed E-state index contributed by atoms with van der Waals surface area (Å²) in [5.74, 6) is 2.65. The molecule has 1 saturated heterocycles. The molecule has 1 fully saturated rings. The van der Waals surface area contributed by atoms with E-state index in [1.807, 2.05) is 13.8 Å². The molecule has 1 aromatic heterocycles. The molecule has 2 unspecified atom stereocenters. The molecular weight excluding hydrogens is 276 g/mol. The first-order chi connectivity index (χ1) is 10.8. The quantitative estimate of drug-likeness (QED) is 0.840. The molecule has 0 saturated carbocycles. The van der Waals surface area contributed by atoms with Gasteiger partial charge < -0.3 is 9.64 Å². The van der Waals surface area contributed by atoms with Gasteiger partial charge in [0.05, 0.1) is 23.7 Å². The molecule has 0 bridgehead atoms. The predicted molar refractivity (Wildman–Crippen MR) is 87.1 cm³/mol. The van der Waals surface area contributed by atoms with E-state index >= 15 is 0 Å². The fourth-order valence-corrected chi connectivity index (χ4v) is 3.12. The van der Waals surface area contributed by atoms with Crippen molar-refractivity contribution in [2.24, 2.45) is 5.92 Å². The van der Waals surface area contributed by atoms with Crippen molar-refractivity contribution in [2.75, 3.05) is 18.1 Å². The lowest BCUT2D eigenvalue weighted by Gasteiger charge is -2.43. The van der Waals surface area contributed by atoms with E-state index in [9.17, 15) is 5.26 Å². The minimum absolute atomic E-state index is 0.0435. The second-order valence-corrected chi connectivity index (χ2v) is 5.40. The minimum Gasteiger partial charge on any atom is -0.486 e. The Kier molecular flexibility index (Phi) is 5.59.